The van der Waals surface area contributed by atoms with Gasteiger partial charge in [0.1, 0.15) is 6.21 Å². The second-order valence-electron chi connectivity index (χ2n) is 3.13. The average Bonchev–Trinajstić information content (AvgIpc) is 2.74. The normalized spacial score (nSPS) is 10.9. The second-order valence-corrected chi connectivity index (χ2v) is 3.91. The summed E-state index contributed by atoms with van der Waals surface area (Å²) in [4.78, 5) is 0. The lowest BCUT2D eigenvalue weighted by Crippen LogP contribution is -2.38. The first-order valence-corrected chi connectivity index (χ1v) is 5.51. The van der Waals surface area contributed by atoms with Crippen molar-refractivity contribution in [3.63, 3.8) is 0 Å². The van der Waals surface area contributed by atoms with E-state index >= 15 is 0 Å². The molecule has 0 bridgehead atoms. The van der Waals surface area contributed by atoms with E-state index in [1.54, 1.807) is 11.3 Å². The zero-order valence-corrected chi connectivity index (χ0v) is 8.89. The summed E-state index contributed by atoms with van der Waals surface area (Å²) in [5, 5.41) is 15.7. The minimum absolute atomic E-state index is 0.797. The Morgan fingerprint density at radius 3 is 3.07 bits per heavy atom. The highest BCUT2D eigenvalue weighted by atomic mass is 32.1. The monoisotopic (exact) mass is 219 g/mol. The van der Waals surface area contributed by atoms with E-state index in [2.05, 4.69) is 22.0 Å². The third-order valence-electron chi connectivity index (χ3n) is 2.10. The summed E-state index contributed by atoms with van der Waals surface area (Å²) >= 11 is 1.68. The van der Waals surface area contributed by atoms with Crippen LogP contribution in [0.2, 0.25) is 0 Å². The van der Waals surface area contributed by atoms with Gasteiger partial charge in [-0.2, -0.15) is 15.9 Å². The quantitative estimate of drug-likeness (QED) is 0.364. The van der Waals surface area contributed by atoms with Crippen LogP contribution < -0.4 is 4.57 Å². The standard InChI is InChI=1S/C11H10N2OS/c14-12-7-11-3-1-2-5-13(11)8-10-4-6-15-9-10/h1-7,9H,8H2/p+1. The van der Waals surface area contributed by atoms with E-state index in [9.17, 15) is 0 Å². The van der Waals surface area contributed by atoms with Crippen molar-refractivity contribution in [3.05, 3.63) is 52.5 Å². The van der Waals surface area contributed by atoms with Crippen LogP contribution in [0.4, 0.5) is 0 Å². The number of oxime groups is 1. The van der Waals surface area contributed by atoms with Crippen molar-refractivity contribution in [2.24, 2.45) is 5.16 Å². The molecule has 0 aliphatic heterocycles. The molecule has 1 N–H and O–H groups in total. The number of thiophene rings is 1. The van der Waals surface area contributed by atoms with Crippen LogP contribution in [0.3, 0.4) is 0 Å². The van der Waals surface area contributed by atoms with Crippen LogP contribution >= 0.6 is 11.3 Å². The van der Waals surface area contributed by atoms with Crippen molar-refractivity contribution in [2.75, 3.05) is 0 Å². The van der Waals surface area contributed by atoms with Gasteiger partial charge in [0.05, 0.1) is 0 Å². The molecule has 0 atom stereocenters. The molecule has 0 aromatic carbocycles. The lowest BCUT2D eigenvalue weighted by atomic mass is 10.3. The third kappa shape index (κ3) is 2.41. The van der Waals surface area contributed by atoms with Crippen LogP contribution in [-0.4, -0.2) is 11.4 Å². The molecule has 0 spiro atoms. The predicted molar refractivity (Wildman–Crippen MR) is 59.4 cm³/mol. The second kappa shape index (κ2) is 4.70. The molecule has 0 fully saturated rings. The fourth-order valence-corrected chi connectivity index (χ4v) is 2.05. The first-order chi connectivity index (χ1) is 7.40. The Hall–Kier alpha value is -1.68. The summed E-state index contributed by atoms with van der Waals surface area (Å²) in [7, 11) is 0. The van der Waals surface area contributed by atoms with Gasteiger partial charge >= 0.3 is 0 Å². The van der Waals surface area contributed by atoms with E-state index in [0.717, 1.165) is 12.2 Å². The SMILES string of the molecule is O/N=C/c1cccc[n+]1Cc1ccsc1. The summed E-state index contributed by atoms with van der Waals surface area (Å²) in [6.45, 7) is 0.797. The van der Waals surface area contributed by atoms with Gasteiger partial charge in [0.25, 0.3) is 0 Å². The molecule has 0 amide bonds. The van der Waals surface area contributed by atoms with Gasteiger partial charge in [0.2, 0.25) is 5.69 Å². The Labute approximate surface area is 91.9 Å². The van der Waals surface area contributed by atoms with Gasteiger partial charge in [0.15, 0.2) is 12.7 Å². The van der Waals surface area contributed by atoms with Crippen molar-refractivity contribution >= 4 is 17.6 Å². The Kier molecular flexibility index (Phi) is 3.09. The molecular weight excluding hydrogens is 208 g/mol. The number of aromatic nitrogens is 1. The fourth-order valence-electron chi connectivity index (χ4n) is 1.39. The molecule has 2 rings (SSSR count). The molecule has 2 aromatic heterocycles. The number of nitrogens with zero attached hydrogens (tertiary/aromatic N) is 2. The fraction of sp³-hybridized carbons (Fsp3) is 0.0909. The zero-order chi connectivity index (χ0) is 10.5. The highest BCUT2D eigenvalue weighted by Gasteiger charge is 2.08. The summed E-state index contributed by atoms with van der Waals surface area (Å²) in [6.07, 6.45) is 3.40. The van der Waals surface area contributed by atoms with Crippen LogP contribution in [0.1, 0.15) is 11.3 Å². The van der Waals surface area contributed by atoms with Gasteiger partial charge in [-0.05, 0) is 17.5 Å². The van der Waals surface area contributed by atoms with Crippen LogP contribution in [0, 0.1) is 0 Å². The maximum absolute atomic E-state index is 8.53. The molecule has 2 heterocycles. The minimum atomic E-state index is 0.797. The van der Waals surface area contributed by atoms with Gasteiger partial charge in [-0.3, -0.25) is 0 Å². The van der Waals surface area contributed by atoms with Crippen molar-refractivity contribution in [1.82, 2.24) is 0 Å². The summed E-state index contributed by atoms with van der Waals surface area (Å²) in [5.41, 5.74) is 2.13. The van der Waals surface area contributed by atoms with Crippen LogP contribution in [0.5, 0.6) is 0 Å². The Morgan fingerprint density at radius 2 is 2.33 bits per heavy atom. The molecular formula is C11H11N2OS+. The molecule has 0 radical (unpaired) electrons. The molecule has 76 valence electrons. The van der Waals surface area contributed by atoms with E-state index < -0.39 is 0 Å². The van der Waals surface area contributed by atoms with E-state index in [0.29, 0.717) is 0 Å². The Bertz CT molecular complexity index is 451. The van der Waals surface area contributed by atoms with Crippen molar-refractivity contribution in [3.8, 4) is 0 Å². The summed E-state index contributed by atoms with van der Waals surface area (Å²) in [5.74, 6) is 0. The van der Waals surface area contributed by atoms with Crippen LogP contribution in [0.15, 0.2) is 46.4 Å². The molecule has 0 aliphatic rings. The van der Waals surface area contributed by atoms with Gasteiger partial charge < -0.3 is 5.21 Å². The average molecular weight is 219 g/mol. The lowest BCUT2D eigenvalue weighted by molar-refractivity contribution is -0.689. The molecule has 0 saturated carbocycles. The van der Waals surface area contributed by atoms with Crippen molar-refractivity contribution < 1.29 is 9.77 Å². The minimum Gasteiger partial charge on any atom is -0.411 e. The van der Waals surface area contributed by atoms with Gasteiger partial charge in [-0.15, -0.1) is 0 Å². The molecule has 0 aliphatic carbocycles. The van der Waals surface area contributed by atoms with E-state index in [1.807, 2.05) is 29.0 Å². The van der Waals surface area contributed by atoms with E-state index in [-0.39, 0.29) is 0 Å². The molecule has 2 aromatic rings. The van der Waals surface area contributed by atoms with Gasteiger partial charge in [-0.25, -0.2) is 0 Å². The zero-order valence-electron chi connectivity index (χ0n) is 8.08. The topological polar surface area (TPSA) is 36.5 Å². The lowest BCUT2D eigenvalue weighted by Gasteiger charge is -1.97. The number of pyridine rings is 1. The first kappa shape index (κ1) is 9.86. The van der Waals surface area contributed by atoms with Gasteiger partial charge in [-0.1, -0.05) is 5.16 Å². The number of rotatable bonds is 3. The van der Waals surface area contributed by atoms with Crippen molar-refractivity contribution in [1.29, 1.82) is 0 Å². The third-order valence-corrected chi connectivity index (χ3v) is 2.83. The predicted octanol–water partition coefficient (Wildman–Crippen LogP) is 1.89. The highest BCUT2D eigenvalue weighted by Crippen LogP contribution is 2.05. The molecule has 15 heavy (non-hydrogen) atoms. The smallest absolute Gasteiger partial charge is 0.227 e. The molecule has 3 nitrogen and oxygen atoms in total. The maximum Gasteiger partial charge on any atom is 0.227 e. The first-order valence-electron chi connectivity index (χ1n) is 4.57. The summed E-state index contributed by atoms with van der Waals surface area (Å²) in [6, 6.07) is 7.87. The molecule has 4 heteroatoms. The molecule has 0 unspecified atom stereocenters. The van der Waals surface area contributed by atoms with E-state index in [4.69, 9.17) is 5.21 Å². The largest absolute Gasteiger partial charge is 0.411 e. The van der Waals surface area contributed by atoms with Crippen LogP contribution in [-0.2, 0) is 6.54 Å². The van der Waals surface area contributed by atoms with E-state index in [1.165, 1.54) is 11.8 Å². The number of hydrogen-bond acceptors (Lipinski definition) is 3. The van der Waals surface area contributed by atoms with Crippen LogP contribution in [0.25, 0.3) is 0 Å². The summed E-state index contributed by atoms with van der Waals surface area (Å²) < 4.78 is 2.03. The Balaban J connectivity index is 2.27. The Morgan fingerprint density at radius 1 is 1.40 bits per heavy atom. The highest BCUT2D eigenvalue weighted by molar-refractivity contribution is 7.07. The molecule has 0 saturated heterocycles. The van der Waals surface area contributed by atoms with Crippen molar-refractivity contribution in [2.45, 2.75) is 6.54 Å². The maximum atomic E-state index is 8.53. The number of hydrogen-bond donors (Lipinski definition) is 1. The van der Waals surface area contributed by atoms with Gasteiger partial charge in [0, 0.05) is 23.1 Å².